The molecule has 5 nitrogen and oxygen atoms in total. The number of likely N-dealkylation sites (tertiary alicyclic amines) is 1. The minimum absolute atomic E-state index is 0.0802. The van der Waals surface area contributed by atoms with E-state index >= 15 is 0 Å². The van der Waals surface area contributed by atoms with Gasteiger partial charge in [-0.25, -0.2) is 0 Å². The second-order valence-corrected chi connectivity index (χ2v) is 21.6. The lowest BCUT2D eigenvalue weighted by atomic mass is 9.47. The SMILES string of the molecule is CCCCCC=CCC=CCCCCCCCCOCC(CN1CCC(OC)C1)OCCO[C@H]1CC[C@@]2(C)C(=CC[C@H]3[C@@H]4CC[C@H]([C@H](C)CCCC(C)C)[C@@]4(C)CC[C@@H]32)C1. The molecule has 1 aliphatic heterocycles. The monoisotopic (exact) mass is 836 g/mol. The molecule has 60 heavy (non-hydrogen) atoms. The van der Waals surface area contributed by atoms with E-state index < -0.39 is 0 Å². The Morgan fingerprint density at radius 2 is 1.53 bits per heavy atom. The summed E-state index contributed by atoms with van der Waals surface area (Å²) in [6.45, 7) is 20.9. The van der Waals surface area contributed by atoms with Gasteiger partial charge in [-0.3, -0.25) is 4.90 Å². The normalized spacial score (nSPS) is 31.8. The first-order valence-electron chi connectivity index (χ1n) is 26.2. The van der Waals surface area contributed by atoms with E-state index in [9.17, 15) is 0 Å². The van der Waals surface area contributed by atoms with E-state index in [4.69, 9.17) is 18.9 Å². The van der Waals surface area contributed by atoms with E-state index in [2.05, 4.69) is 76.8 Å². The molecule has 3 saturated carbocycles. The second kappa shape index (κ2) is 26.7. The van der Waals surface area contributed by atoms with Crippen molar-refractivity contribution in [3.05, 3.63) is 36.0 Å². The third kappa shape index (κ3) is 15.1. The minimum atomic E-state index is 0.0802. The Balaban J connectivity index is 0.971. The van der Waals surface area contributed by atoms with Crippen LogP contribution in [-0.4, -0.2) is 76.4 Å². The molecule has 0 aromatic carbocycles. The van der Waals surface area contributed by atoms with E-state index in [-0.39, 0.29) is 6.10 Å². The quantitative estimate of drug-likeness (QED) is 0.0532. The Kier molecular flexibility index (Phi) is 22.3. The Bertz CT molecular complexity index is 1260. The van der Waals surface area contributed by atoms with Crippen LogP contribution in [-0.2, 0) is 18.9 Å². The molecule has 1 heterocycles. The molecule has 0 bridgehead atoms. The molecule has 0 aromatic rings. The molecule has 10 atom stereocenters. The summed E-state index contributed by atoms with van der Waals surface area (Å²) in [7, 11) is 1.84. The molecule has 1 saturated heterocycles. The third-order valence-corrected chi connectivity index (χ3v) is 16.9. The van der Waals surface area contributed by atoms with Gasteiger partial charge in [0, 0.05) is 33.4 Å². The fourth-order valence-corrected chi connectivity index (χ4v) is 13.2. The Morgan fingerprint density at radius 1 is 0.767 bits per heavy atom. The highest BCUT2D eigenvalue weighted by Crippen LogP contribution is 2.67. The predicted molar refractivity (Wildman–Crippen MR) is 255 cm³/mol. The van der Waals surface area contributed by atoms with E-state index in [0.29, 0.717) is 42.9 Å². The molecule has 5 aliphatic rings. The van der Waals surface area contributed by atoms with Gasteiger partial charge < -0.3 is 18.9 Å². The van der Waals surface area contributed by atoms with Gasteiger partial charge in [0.2, 0.25) is 0 Å². The molecule has 2 unspecified atom stereocenters. The predicted octanol–water partition coefficient (Wildman–Crippen LogP) is 14.3. The number of hydrogen-bond donors (Lipinski definition) is 0. The number of unbranched alkanes of at least 4 members (excludes halogenated alkanes) is 9. The molecule has 0 radical (unpaired) electrons. The van der Waals surface area contributed by atoms with Gasteiger partial charge in [-0.15, -0.1) is 0 Å². The minimum Gasteiger partial charge on any atom is -0.380 e. The van der Waals surface area contributed by atoms with Crippen LogP contribution in [0, 0.1) is 46.3 Å². The average molecular weight is 836 g/mol. The van der Waals surface area contributed by atoms with E-state index in [0.717, 1.165) is 87.4 Å². The first-order valence-corrected chi connectivity index (χ1v) is 26.2. The van der Waals surface area contributed by atoms with Crippen molar-refractivity contribution in [1.29, 1.82) is 0 Å². The van der Waals surface area contributed by atoms with Crippen LogP contribution in [0.15, 0.2) is 36.0 Å². The summed E-state index contributed by atoms with van der Waals surface area (Å²) < 4.78 is 25.1. The lowest BCUT2D eigenvalue weighted by Crippen LogP contribution is -2.51. The number of methoxy groups -OCH3 is 1. The second-order valence-electron chi connectivity index (χ2n) is 21.6. The molecule has 5 rings (SSSR count). The van der Waals surface area contributed by atoms with Gasteiger partial charge in [0.25, 0.3) is 0 Å². The van der Waals surface area contributed by atoms with Crippen molar-refractivity contribution in [1.82, 2.24) is 4.90 Å². The maximum absolute atomic E-state index is 6.64. The summed E-state index contributed by atoms with van der Waals surface area (Å²) >= 11 is 0. The first kappa shape index (κ1) is 50.0. The standard InChI is InChI=1S/C55H97NO4/c1-8-9-10-11-12-13-14-15-16-17-18-19-20-21-22-23-37-58-43-49(42-56-36-33-48(41-56)57-7)60-39-38-59-47-31-34-54(5)46(40-47)27-28-50-52-30-29-51(45(4)26-24-25-44(2)3)55(52,6)35-32-53(50)54/h12-13,15-16,27,44-45,47-53H,8-11,14,17-26,28-43H2,1-7H3/t45-,47+,48?,49?,50+,51-,52+,53+,54+,55-/m1/s1. The van der Waals surface area contributed by atoms with Gasteiger partial charge in [0.15, 0.2) is 0 Å². The zero-order chi connectivity index (χ0) is 42.6. The molecule has 5 heteroatoms. The van der Waals surface area contributed by atoms with Crippen molar-refractivity contribution in [2.75, 3.05) is 53.2 Å². The first-order chi connectivity index (χ1) is 29.2. The van der Waals surface area contributed by atoms with Crippen LogP contribution < -0.4 is 0 Å². The van der Waals surface area contributed by atoms with Gasteiger partial charge in [0.05, 0.1) is 38.1 Å². The molecule has 4 aliphatic carbocycles. The zero-order valence-corrected chi connectivity index (χ0v) is 40.6. The molecule has 0 spiro atoms. The average Bonchev–Trinajstić information content (AvgIpc) is 3.85. The van der Waals surface area contributed by atoms with E-state index in [1.807, 2.05) is 7.11 Å². The number of nitrogens with zero attached hydrogens (tertiary/aromatic N) is 1. The van der Waals surface area contributed by atoms with Crippen LogP contribution in [0.4, 0.5) is 0 Å². The van der Waals surface area contributed by atoms with Crippen molar-refractivity contribution in [3.8, 4) is 0 Å². The maximum atomic E-state index is 6.64. The topological polar surface area (TPSA) is 40.2 Å². The van der Waals surface area contributed by atoms with Crippen LogP contribution in [0.1, 0.15) is 196 Å². The highest BCUT2D eigenvalue weighted by Gasteiger charge is 2.59. The van der Waals surface area contributed by atoms with E-state index in [1.165, 1.54) is 128 Å². The third-order valence-electron chi connectivity index (χ3n) is 16.9. The summed E-state index contributed by atoms with van der Waals surface area (Å²) in [5, 5.41) is 0. The number of hydrogen-bond acceptors (Lipinski definition) is 5. The van der Waals surface area contributed by atoms with E-state index in [1.54, 1.807) is 5.57 Å². The zero-order valence-electron chi connectivity index (χ0n) is 40.6. The number of allylic oxidation sites excluding steroid dienone is 5. The smallest absolute Gasteiger partial charge is 0.0936 e. The highest BCUT2D eigenvalue weighted by molar-refractivity contribution is 5.25. The van der Waals surface area contributed by atoms with Crippen LogP contribution in [0.25, 0.3) is 0 Å². The van der Waals surface area contributed by atoms with Gasteiger partial charge in [0.1, 0.15) is 0 Å². The van der Waals surface area contributed by atoms with Gasteiger partial charge in [-0.05, 0) is 143 Å². The van der Waals surface area contributed by atoms with Crippen molar-refractivity contribution in [2.24, 2.45) is 46.3 Å². The molecule has 0 aromatic heterocycles. The number of rotatable bonds is 30. The van der Waals surface area contributed by atoms with Gasteiger partial charge in [-0.1, -0.05) is 135 Å². The van der Waals surface area contributed by atoms with Crippen molar-refractivity contribution in [3.63, 3.8) is 0 Å². The summed E-state index contributed by atoms with van der Waals surface area (Å²) in [5.41, 5.74) is 2.67. The van der Waals surface area contributed by atoms with Crippen LogP contribution in [0.3, 0.4) is 0 Å². The Hall–Kier alpha value is -0.980. The summed E-state index contributed by atoms with van der Waals surface area (Å²) in [5.74, 6) is 5.35. The summed E-state index contributed by atoms with van der Waals surface area (Å²) in [6, 6.07) is 0. The summed E-state index contributed by atoms with van der Waals surface area (Å²) in [4.78, 5) is 2.50. The molecular weight excluding hydrogens is 739 g/mol. The van der Waals surface area contributed by atoms with Crippen LogP contribution in [0.2, 0.25) is 0 Å². The van der Waals surface area contributed by atoms with Crippen molar-refractivity contribution < 1.29 is 18.9 Å². The number of fused-ring (bicyclic) bond motifs is 5. The van der Waals surface area contributed by atoms with Crippen LogP contribution >= 0.6 is 0 Å². The molecule has 4 fully saturated rings. The highest BCUT2D eigenvalue weighted by atomic mass is 16.6. The summed E-state index contributed by atoms with van der Waals surface area (Å²) in [6.07, 6.45) is 44.3. The Labute approximate surface area is 372 Å². The lowest BCUT2D eigenvalue weighted by Gasteiger charge is -2.58. The van der Waals surface area contributed by atoms with Crippen molar-refractivity contribution in [2.45, 2.75) is 214 Å². The molecule has 346 valence electrons. The fraction of sp³-hybridized carbons (Fsp3) is 0.891. The fourth-order valence-electron chi connectivity index (χ4n) is 13.2. The molecule has 0 amide bonds. The van der Waals surface area contributed by atoms with Crippen molar-refractivity contribution >= 4 is 0 Å². The van der Waals surface area contributed by atoms with Crippen LogP contribution in [0.5, 0.6) is 0 Å². The largest absolute Gasteiger partial charge is 0.380 e. The molecular formula is C55H97NO4. The number of ether oxygens (including phenoxy) is 4. The molecule has 0 N–H and O–H groups in total. The Morgan fingerprint density at radius 3 is 2.28 bits per heavy atom. The lowest BCUT2D eigenvalue weighted by molar-refractivity contribution is -0.0795. The van der Waals surface area contributed by atoms with Gasteiger partial charge in [-0.2, -0.15) is 0 Å². The van der Waals surface area contributed by atoms with Gasteiger partial charge >= 0.3 is 0 Å². The maximum Gasteiger partial charge on any atom is 0.0936 e.